The summed E-state index contributed by atoms with van der Waals surface area (Å²) in [6.07, 6.45) is -5.23. The maximum atomic E-state index is 11.9. The Balaban J connectivity index is 2.74. The Morgan fingerprint density at radius 1 is 1.47 bits per heavy atom. The minimum Gasteiger partial charge on any atom is -0.465 e. The van der Waals surface area contributed by atoms with Crippen molar-refractivity contribution in [1.29, 1.82) is 0 Å². The smallest absolute Gasteiger partial charge is 0.465 e. The minimum atomic E-state index is -4.80. The molecule has 1 saturated heterocycles. The van der Waals surface area contributed by atoms with Gasteiger partial charge in [0.2, 0.25) is 0 Å². The molecule has 1 heterocycles. The highest BCUT2D eigenvalue weighted by atomic mass is 19.4. The van der Waals surface area contributed by atoms with E-state index in [1.54, 1.807) is 6.92 Å². The first-order valence-electron chi connectivity index (χ1n) is 5.81. The molecule has 1 unspecified atom stereocenters. The molecule has 1 atom stereocenters. The molecule has 0 aromatic heterocycles. The van der Waals surface area contributed by atoms with Crippen molar-refractivity contribution in [3.8, 4) is 0 Å². The van der Waals surface area contributed by atoms with Crippen molar-refractivity contribution in [3.63, 3.8) is 0 Å². The summed E-state index contributed by atoms with van der Waals surface area (Å²) in [6.45, 7) is 0.670. The van der Waals surface area contributed by atoms with Crippen LogP contribution in [-0.4, -0.2) is 44.5 Å². The van der Waals surface area contributed by atoms with Crippen LogP contribution < -0.4 is 0 Å². The summed E-state index contributed by atoms with van der Waals surface area (Å²) in [4.78, 5) is 23.7. The first kappa shape index (κ1) is 15.9. The number of alkyl halides is 3. The van der Waals surface area contributed by atoms with Crippen LogP contribution >= 0.6 is 0 Å². The fraction of sp³-hybridized carbons (Fsp3) is 0.818. The summed E-state index contributed by atoms with van der Waals surface area (Å²) < 4.78 is 49.2. The van der Waals surface area contributed by atoms with Gasteiger partial charge in [0.15, 0.2) is 11.2 Å². The van der Waals surface area contributed by atoms with E-state index < -0.39 is 36.6 Å². The lowest BCUT2D eigenvalue weighted by atomic mass is 9.78. The molecule has 0 amide bonds. The first-order chi connectivity index (χ1) is 8.82. The van der Waals surface area contributed by atoms with Crippen molar-refractivity contribution in [2.45, 2.75) is 26.1 Å². The zero-order valence-corrected chi connectivity index (χ0v) is 10.4. The van der Waals surface area contributed by atoms with Crippen LogP contribution in [0.5, 0.6) is 0 Å². The van der Waals surface area contributed by atoms with Gasteiger partial charge in [-0.05, 0) is 13.3 Å². The summed E-state index contributed by atoms with van der Waals surface area (Å²) in [5.41, 5.74) is -1.68. The molecule has 1 aliphatic rings. The number of carbonyl (C=O) groups excluding carboxylic acids is 2. The second-order valence-electron chi connectivity index (χ2n) is 4.07. The van der Waals surface area contributed by atoms with Crippen molar-refractivity contribution < 1.29 is 37.0 Å². The molecule has 8 heteroatoms. The van der Waals surface area contributed by atoms with Crippen LogP contribution in [0, 0.1) is 5.41 Å². The maximum Gasteiger partial charge on any atom is 0.522 e. The van der Waals surface area contributed by atoms with Gasteiger partial charge >= 0.3 is 12.3 Å². The van der Waals surface area contributed by atoms with Gasteiger partial charge in [-0.3, -0.25) is 14.3 Å². The predicted octanol–water partition coefficient (Wildman–Crippen LogP) is 1.45. The highest BCUT2D eigenvalue weighted by molar-refractivity contribution is 6.04. The van der Waals surface area contributed by atoms with Crippen molar-refractivity contribution in [2.75, 3.05) is 26.4 Å². The third-order valence-electron chi connectivity index (χ3n) is 2.82. The number of halogens is 3. The molecule has 0 radical (unpaired) electrons. The third kappa shape index (κ3) is 4.17. The molecule has 1 aliphatic heterocycles. The minimum absolute atomic E-state index is 0.0230. The summed E-state index contributed by atoms with van der Waals surface area (Å²) in [7, 11) is 0. The SMILES string of the molecule is CCOC(=O)C1(CCOC(F)(F)F)COCCC1=O. The molecule has 0 saturated carbocycles. The van der Waals surface area contributed by atoms with Gasteiger partial charge in [0.25, 0.3) is 0 Å². The van der Waals surface area contributed by atoms with Gasteiger partial charge < -0.3 is 9.47 Å². The highest BCUT2D eigenvalue weighted by Gasteiger charge is 2.49. The van der Waals surface area contributed by atoms with Crippen molar-refractivity contribution in [3.05, 3.63) is 0 Å². The Morgan fingerprint density at radius 3 is 2.68 bits per heavy atom. The Morgan fingerprint density at radius 2 is 2.16 bits per heavy atom. The largest absolute Gasteiger partial charge is 0.522 e. The van der Waals surface area contributed by atoms with E-state index >= 15 is 0 Å². The molecule has 1 rings (SSSR count). The molecular weight excluding hydrogens is 269 g/mol. The number of hydrogen-bond acceptors (Lipinski definition) is 5. The Labute approximate surface area is 108 Å². The molecule has 0 bridgehead atoms. The van der Waals surface area contributed by atoms with Gasteiger partial charge in [-0.1, -0.05) is 0 Å². The fourth-order valence-electron chi connectivity index (χ4n) is 1.83. The van der Waals surface area contributed by atoms with E-state index in [1.165, 1.54) is 0 Å². The highest BCUT2D eigenvalue weighted by Crippen LogP contribution is 2.32. The lowest BCUT2D eigenvalue weighted by Crippen LogP contribution is -2.49. The quantitative estimate of drug-likeness (QED) is 0.565. The van der Waals surface area contributed by atoms with Crippen molar-refractivity contribution >= 4 is 11.8 Å². The monoisotopic (exact) mass is 284 g/mol. The molecule has 0 aromatic carbocycles. The molecule has 0 N–H and O–H groups in total. The maximum absolute atomic E-state index is 11.9. The van der Waals surface area contributed by atoms with Crippen LogP contribution in [0.1, 0.15) is 19.8 Å². The van der Waals surface area contributed by atoms with E-state index in [0.717, 1.165) is 0 Å². The molecule has 110 valence electrons. The summed E-state index contributed by atoms with van der Waals surface area (Å²) in [6, 6.07) is 0. The molecule has 1 fully saturated rings. The molecule has 0 aromatic rings. The van der Waals surface area contributed by atoms with Crippen LogP contribution in [0.2, 0.25) is 0 Å². The van der Waals surface area contributed by atoms with E-state index in [1.807, 2.05) is 0 Å². The van der Waals surface area contributed by atoms with E-state index in [-0.39, 0.29) is 26.2 Å². The zero-order chi connectivity index (χ0) is 14.5. The van der Waals surface area contributed by atoms with Gasteiger partial charge in [-0.25, -0.2) is 0 Å². The normalized spacial score (nSPS) is 24.3. The van der Waals surface area contributed by atoms with E-state index in [2.05, 4.69) is 4.74 Å². The Hall–Kier alpha value is -1.15. The van der Waals surface area contributed by atoms with E-state index in [9.17, 15) is 22.8 Å². The predicted molar refractivity (Wildman–Crippen MR) is 56.1 cm³/mol. The van der Waals surface area contributed by atoms with Gasteiger partial charge in [-0.15, -0.1) is 13.2 Å². The molecule has 5 nitrogen and oxygen atoms in total. The first-order valence-corrected chi connectivity index (χ1v) is 5.81. The Bertz CT molecular complexity index is 342. The number of Topliss-reactive ketones (excluding diaryl/α,β-unsaturated/α-hetero) is 1. The summed E-state index contributed by atoms with van der Waals surface area (Å²) in [5, 5.41) is 0. The average molecular weight is 284 g/mol. The standard InChI is InChI=1S/C11H15F3O5/c1-2-18-9(16)10(4-6-19-11(12,13)14)7-17-5-3-8(10)15/h2-7H2,1H3. The van der Waals surface area contributed by atoms with Crippen LogP contribution in [-0.2, 0) is 23.8 Å². The lowest BCUT2D eigenvalue weighted by molar-refractivity contribution is -0.326. The average Bonchev–Trinajstić information content (AvgIpc) is 2.30. The molecule has 0 spiro atoms. The topological polar surface area (TPSA) is 61.8 Å². The number of hydrogen-bond donors (Lipinski definition) is 0. The molecule has 19 heavy (non-hydrogen) atoms. The van der Waals surface area contributed by atoms with Crippen LogP contribution in [0.15, 0.2) is 0 Å². The van der Waals surface area contributed by atoms with Gasteiger partial charge in [0.1, 0.15) is 0 Å². The van der Waals surface area contributed by atoms with Gasteiger partial charge in [0.05, 0.1) is 26.4 Å². The third-order valence-corrected chi connectivity index (χ3v) is 2.82. The number of rotatable bonds is 5. The molecular formula is C11H15F3O5. The number of ketones is 1. The van der Waals surface area contributed by atoms with Gasteiger partial charge in [-0.2, -0.15) is 0 Å². The number of ether oxygens (including phenoxy) is 3. The summed E-state index contributed by atoms with van der Waals surface area (Å²) >= 11 is 0. The summed E-state index contributed by atoms with van der Waals surface area (Å²) in [5.74, 6) is -1.33. The molecule has 0 aliphatic carbocycles. The van der Waals surface area contributed by atoms with Crippen LogP contribution in [0.25, 0.3) is 0 Å². The van der Waals surface area contributed by atoms with E-state index in [4.69, 9.17) is 9.47 Å². The second kappa shape index (κ2) is 6.33. The zero-order valence-electron chi connectivity index (χ0n) is 10.4. The van der Waals surface area contributed by atoms with Crippen LogP contribution in [0.3, 0.4) is 0 Å². The van der Waals surface area contributed by atoms with Crippen LogP contribution in [0.4, 0.5) is 13.2 Å². The second-order valence-corrected chi connectivity index (χ2v) is 4.07. The fourth-order valence-corrected chi connectivity index (χ4v) is 1.83. The number of esters is 1. The van der Waals surface area contributed by atoms with Gasteiger partial charge in [0, 0.05) is 6.42 Å². The lowest BCUT2D eigenvalue weighted by Gasteiger charge is -2.33. The van der Waals surface area contributed by atoms with E-state index in [0.29, 0.717) is 0 Å². The number of carbonyl (C=O) groups is 2. The Kier molecular flexibility index (Phi) is 5.30. The van der Waals surface area contributed by atoms with Crippen molar-refractivity contribution in [2.24, 2.45) is 5.41 Å². The van der Waals surface area contributed by atoms with Crippen molar-refractivity contribution in [1.82, 2.24) is 0 Å².